The van der Waals surface area contributed by atoms with E-state index in [0.29, 0.717) is 28.3 Å². The van der Waals surface area contributed by atoms with Crippen LogP contribution in [0, 0.1) is 5.82 Å². The van der Waals surface area contributed by atoms with Crippen LogP contribution in [-0.2, 0) is 17.6 Å². The van der Waals surface area contributed by atoms with Crippen LogP contribution < -0.4 is 10.5 Å². The molecule has 0 bridgehead atoms. The van der Waals surface area contributed by atoms with Gasteiger partial charge in [0.1, 0.15) is 17.7 Å². The van der Waals surface area contributed by atoms with Crippen LogP contribution in [0.5, 0.6) is 5.75 Å². The van der Waals surface area contributed by atoms with Crippen molar-refractivity contribution in [3.8, 4) is 5.75 Å². The third kappa shape index (κ3) is 7.40. The molecular formula is C25H28Cl2FN2O4S-. The van der Waals surface area contributed by atoms with Crippen molar-refractivity contribution in [2.75, 3.05) is 13.1 Å². The third-order valence-corrected chi connectivity index (χ3v) is 7.97. The van der Waals surface area contributed by atoms with Crippen molar-refractivity contribution in [2.24, 2.45) is 5.73 Å². The molecule has 2 aromatic rings. The van der Waals surface area contributed by atoms with Gasteiger partial charge < -0.3 is 15.0 Å². The van der Waals surface area contributed by atoms with E-state index in [1.165, 1.54) is 6.07 Å². The fourth-order valence-electron chi connectivity index (χ4n) is 4.17. The lowest BCUT2D eigenvalue weighted by Crippen LogP contribution is -2.38. The highest BCUT2D eigenvalue weighted by molar-refractivity contribution is 7.80. The standard InChI is InChI=1S/C22H23Cl2FN2O2.C3H6O2S/c23-15-3-4-21(19(24)10-15)29-16-5-7-27(8-6-16)12-14-9-20(25)18(22(26)28)11-17(14)13-1-2-13;4-6(5)3-1-2-3/h3-4,9-11,13,16H,1-2,5-8,12H2,(H2,26,28);3H,1-2H2,(H,4,5)/p-1. The first-order valence-corrected chi connectivity index (χ1v) is 13.6. The second kappa shape index (κ2) is 11.6. The number of nitrogens with two attached hydrogens (primary N) is 1. The summed E-state index contributed by atoms with van der Waals surface area (Å²) in [5.41, 5.74) is 7.32. The van der Waals surface area contributed by atoms with Gasteiger partial charge in [0.05, 0.1) is 10.6 Å². The molecule has 10 heteroatoms. The predicted molar refractivity (Wildman–Crippen MR) is 134 cm³/mol. The molecule has 6 nitrogen and oxygen atoms in total. The summed E-state index contributed by atoms with van der Waals surface area (Å²) in [6.45, 7) is 2.36. The number of hydrogen-bond acceptors (Lipinski definition) is 5. The zero-order valence-electron chi connectivity index (χ0n) is 19.2. The smallest absolute Gasteiger partial charge is 0.251 e. The van der Waals surface area contributed by atoms with Gasteiger partial charge in [0.15, 0.2) is 0 Å². The number of piperidine rings is 1. The number of hydrogen-bond donors (Lipinski definition) is 1. The van der Waals surface area contributed by atoms with Crippen LogP contribution in [0.1, 0.15) is 65.9 Å². The Kier molecular flexibility index (Phi) is 8.71. The Hall–Kier alpha value is -1.71. The largest absolute Gasteiger partial charge is 0.772 e. The lowest BCUT2D eigenvalue weighted by molar-refractivity contribution is 0.0964. The molecule has 3 fully saturated rings. The Morgan fingerprint density at radius 3 is 2.31 bits per heavy atom. The van der Waals surface area contributed by atoms with E-state index in [2.05, 4.69) is 4.90 Å². The Bertz CT molecular complexity index is 1100. The summed E-state index contributed by atoms with van der Waals surface area (Å²) in [4.78, 5) is 13.8. The number of nitrogens with zero attached hydrogens (tertiary/aromatic N) is 1. The first-order valence-electron chi connectivity index (χ1n) is 11.8. The van der Waals surface area contributed by atoms with Crippen LogP contribution in [0.15, 0.2) is 30.3 Å². The van der Waals surface area contributed by atoms with Crippen LogP contribution in [0.25, 0.3) is 0 Å². The summed E-state index contributed by atoms with van der Waals surface area (Å²) in [5.74, 6) is -0.187. The average molecular weight is 542 g/mol. The summed E-state index contributed by atoms with van der Waals surface area (Å²) in [6.07, 6.45) is 5.73. The molecule has 0 radical (unpaired) electrons. The number of halogens is 3. The summed E-state index contributed by atoms with van der Waals surface area (Å²) in [6, 6.07) is 8.38. The van der Waals surface area contributed by atoms with Crippen molar-refractivity contribution in [1.29, 1.82) is 0 Å². The molecule has 1 unspecified atom stereocenters. The topological polar surface area (TPSA) is 95.7 Å². The van der Waals surface area contributed by atoms with Gasteiger partial charge >= 0.3 is 0 Å². The molecule has 1 amide bonds. The molecule has 2 aliphatic carbocycles. The van der Waals surface area contributed by atoms with Crippen molar-refractivity contribution in [2.45, 2.75) is 62.3 Å². The number of carbonyl (C=O) groups is 1. The molecule has 5 rings (SSSR count). The normalized spacial score (nSPS) is 19.5. The molecule has 1 heterocycles. The first-order chi connectivity index (χ1) is 16.7. The van der Waals surface area contributed by atoms with Crippen molar-refractivity contribution in [3.05, 3.63) is 62.9 Å². The number of amides is 1. The summed E-state index contributed by atoms with van der Waals surface area (Å²) in [5, 5.41) is 1.11. The number of benzene rings is 2. The van der Waals surface area contributed by atoms with Gasteiger partial charge in [0.25, 0.3) is 5.91 Å². The number of rotatable bonds is 7. The van der Waals surface area contributed by atoms with Gasteiger partial charge in [-0.15, -0.1) is 0 Å². The van der Waals surface area contributed by atoms with Gasteiger partial charge in [0, 0.05) is 29.9 Å². The minimum atomic E-state index is -1.76. The van der Waals surface area contributed by atoms with Gasteiger partial charge in [-0.1, -0.05) is 34.3 Å². The Labute approximate surface area is 217 Å². The van der Waals surface area contributed by atoms with E-state index < -0.39 is 22.8 Å². The maximum absolute atomic E-state index is 14.3. The molecule has 1 atom stereocenters. The number of likely N-dealkylation sites (tertiary alicyclic amines) is 1. The highest BCUT2D eigenvalue weighted by Gasteiger charge is 2.29. The SMILES string of the molecule is NC(=O)c1cc(C2CC2)c(CN2CCC(Oc3ccc(Cl)cc3Cl)CC2)cc1F.O=S([O-])C1CC1. The number of ether oxygens (including phenoxy) is 1. The summed E-state index contributed by atoms with van der Waals surface area (Å²) in [7, 11) is 0. The van der Waals surface area contributed by atoms with Crippen LogP contribution in [0.2, 0.25) is 10.0 Å². The summed E-state index contributed by atoms with van der Waals surface area (Å²) >= 11 is 10.4. The lowest BCUT2D eigenvalue weighted by Gasteiger charge is -2.33. The van der Waals surface area contributed by atoms with Crippen molar-refractivity contribution < 1.29 is 22.7 Å². The van der Waals surface area contributed by atoms with Gasteiger partial charge in [-0.05, 0) is 85.9 Å². The van der Waals surface area contributed by atoms with Crippen molar-refractivity contribution >= 4 is 40.2 Å². The molecule has 2 aromatic carbocycles. The Morgan fingerprint density at radius 2 is 1.80 bits per heavy atom. The van der Waals surface area contributed by atoms with E-state index in [4.69, 9.17) is 33.7 Å². The molecule has 2 saturated carbocycles. The molecule has 190 valence electrons. The number of primary amides is 1. The van der Waals surface area contributed by atoms with Gasteiger partial charge in [-0.2, -0.15) is 0 Å². The molecule has 3 aliphatic rings. The molecule has 2 N–H and O–H groups in total. The van der Waals surface area contributed by atoms with Crippen molar-refractivity contribution in [3.63, 3.8) is 0 Å². The van der Waals surface area contributed by atoms with E-state index >= 15 is 0 Å². The fourth-order valence-corrected chi connectivity index (χ4v) is 5.14. The molecular weight excluding hydrogens is 514 g/mol. The second-order valence-electron chi connectivity index (χ2n) is 9.30. The maximum Gasteiger partial charge on any atom is 0.251 e. The quantitative estimate of drug-likeness (QED) is 0.487. The Balaban J connectivity index is 0.000000421. The van der Waals surface area contributed by atoms with E-state index in [1.807, 2.05) is 0 Å². The minimum absolute atomic E-state index is 0.0115. The highest BCUT2D eigenvalue weighted by Crippen LogP contribution is 2.43. The van der Waals surface area contributed by atoms with Crippen LogP contribution >= 0.6 is 23.2 Å². The van der Waals surface area contributed by atoms with E-state index in [-0.39, 0.29) is 16.9 Å². The molecule has 0 aromatic heterocycles. The predicted octanol–water partition coefficient (Wildman–Crippen LogP) is 5.18. The van der Waals surface area contributed by atoms with Gasteiger partial charge in [0.2, 0.25) is 0 Å². The minimum Gasteiger partial charge on any atom is -0.772 e. The van der Waals surface area contributed by atoms with E-state index in [9.17, 15) is 17.9 Å². The zero-order chi connectivity index (χ0) is 25.1. The number of carbonyl (C=O) groups excluding carboxylic acids is 1. The van der Waals surface area contributed by atoms with E-state index in [0.717, 1.165) is 62.7 Å². The molecule has 1 saturated heterocycles. The maximum atomic E-state index is 14.3. The van der Waals surface area contributed by atoms with E-state index in [1.54, 1.807) is 24.3 Å². The first kappa shape index (κ1) is 26.4. The zero-order valence-corrected chi connectivity index (χ0v) is 21.5. The van der Waals surface area contributed by atoms with Crippen molar-refractivity contribution in [1.82, 2.24) is 4.90 Å². The van der Waals surface area contributed by atoms with Crippen LogP contribution in [-0.4, -0.2) is 44.0 Å². The highest BCUT2D eigenvalue weighted by atomic mass is 35.5. The fraction of sp³-hybridized carbons (Fsp3) is 0.480. The van der Waals surface area contributed by atoms with Gasteiger partial charge in [-0.25, -0.2) is 4.39 Å². The summed E-state index contributed by atoms with van der Waals surface area (Å²) < 4.78 is 39.9. The molecule has 0 spiro atoms. The Morgan fingerprint density at radius 1 is 1.11 bits per heavy atom. The lowest BCUT2D eigenvalue weighted by atomic mass is 9.97. The molecule has 1 aliphatic heterocycles. The third-order valence-electron chi connectivity index (χ3n) is 6.42. The average Bonchev–Trinajstić information content (AvgIpc) is 3.69. The van der Waals surface area contributed by atoms with Gasteiger partial charge in [-0.3, -0.25) is 13.9 Å². The second-order valence-corrected chi connectivity index (χ2v) is 11.3. The van der Waals surface area contributed by atoms with Crippen LogP contribution in [0.3, 0.4) is 0 Å². The monoisotopic (exact) mass is 541 g/mol. The van der Waals surface area contributed by atoms with Crippen LogP contribution in [0.4, 0.5) is 4.39 Å². The molecule has 35 heavy (non-hydrogen) atoms.